The first kappa shape index (κ1) is 17.2. The highest BCUT2D eigenvalue weighted by molar-refractivity contribution is 6.33. The summed E-state index contributed by atoms with van der Waals surface area (Å²) in [6.07, 6.45) is 0. The van der Waals surface area contributed by atoms with Gasteiger partial charge in [0.2, 0.25) is 5.91 Å². The van der Waals surface area contributed by atoms with E-state index in [2.05, 4.69) is 29.4 Å². The van der Waals surface area contributed by atoms with Crippen LogP contribution in [-0.2, 0) is 4.79 Å². The van der Waals surface area contributed by atoms with Crippen LogP contribution in [0.15, 0.2) is 48.5 Å². The van der Waals surface area contributed by atoms with Gasteiger partial charge in [-0.1, -0.05) is 23.7 Å². The third kappa shape index (κ3) is 4.89. The van der Waals surface area contributed by atoms with Crippen LogP contribution in [0.3, 0.4) is 0 Å². The molecule has 0 atom stereocenters. The molecule has 5 heteroatoms. The van der Waals surface area contributed by atoms with Gasteiger partial charge in [-0.15, -0.1) is 0 Å². The molecule has 0 unspecified atom stereocenters. The SMILES string of the molecule is CCN(CC)c1ccc(NC(=O)CNc2ccccc2Cl)cc1. The van der Waals surface area contributed by atoms with Crippen LogP contribution < -0.4 is 15.5 Å². The number of hydrogen-bond acceptors (Lipinski definition) is 3. The molecule has 0 aliphatic carbocycles. The van der Waals surface area contributed by atoms with Gasteiger partial charge in [-0.2, -0.15) is 0 Å². The van der Waals surface area contributed by atoms with Gasteiger partial charge in [0.1, 0.15) is 0 Å². The van der Waals surface area contributed by atoms with E-state index in [4.69, 9.17) is 11.6 Å². The minimum atomic E-state index is -0.111. The minimum absolute atomic E-state index is 0.111. The molecule has 4 nitrogen and oxygen atoms in total. The predicted molar refractivity (Wildman–Crippen MR) is 98.6 cm³/mol. The van der Waals surface area contributed by atoms with Crippen molar-refractivity contribution in [2.75, 3.05) is 35.2 Å². The lowest BCUT2D eigenvalue weighted by Gasteiger charge is -2.21. The molecule has 23 heavy (non-hydrogen) atoms. The molecule has 2 aromatic rings. The van der Waals surface area contributed by atoms with Gasteiger partial charge in [-0.3, -0.25) is 4.79 Å². The molecule has 2 aromatic carbocycles. The van der Waals surface area contributed by atoms with Crippen LogP contribution in [0.2, 0.25) is 5.02 Å². The molecule has 0 aromatic heterocycles. The zero-order valence-corrected chi connectivity index (χ0v) is 14.2. The lowest BCUT2D eigenvalue weighted by Crippen LogP contribution is -2.23. The Kier molecular flexibility index (Phi) is 6.29. The Balaban J connectivity index is 1.89. The summed E-state index contributed by atoms with van der Waals surface area (Å²) in [5.41, 5.74) is 2.69. The van der Waals surface area contributed by atoms with E-state index in [1.807, 2.05) is 42.5 Å². The summed E-state index contributed by atoms with van der Waals surface area (Å²) >= 11 is 6.04. The molecule has 122 valence electrons. The number of amides is 1. The Morgan fingerprint density at radius 1 is 1.04 bits per heavy atom. The van der Waals surface area contributed by atoms with Crippen LogP contribution in [0.4, 0.5) is 17.1 Å². The van der Waals surface area contributed by atoms with E-state index in [9.17, 15) is 4.79 Å². The summed E-state index contributed by atoms with van der Waals surface area (Å²) in [6.45, 7) is 6.34. The molecule has 2 N–H and O–H groups in total. The molecule has 0 radical (unpaired) electrons. The van der Waals surface area contributed by atoms with Crippen LogP contribution in [0, 0.1) is 0 Å². The van der Waals surface area contributed by atoms with Crippen LogP contribution in [0.5, 0.6) is 0 Å². The molecule has 0 bridgehead atoms. The highest BCUT2D eigenvalue weighted by Crippen LogP contribution is 2.20. The van der Waals surface area contributed by atoms with E-state index < -0.39 is 0 Å². The van der Waals surface area contributed by atoms with E-state index in [0.717, 1.165) is 30.2 Å². The molecule has 2 rings (SSSR count). The molecular weight excluding hydrogens is 310 g/mol. The lowest BCUT2D eigenvalue weighted by molar-refractivity contribution is -0.114. The van der Waals surface area contributed by atoms with Crippen molar-refractivity contribution >= 4 is 34.6 Å². The molecule has 0 saturated carbocycles. The molecule has 0 aliphatic heterocycles. The second kappa shape index (κ2) is 8.44. The van der Waals surface area contributed by atoms with Gasteiger partial charge in [0.25, 0.3) is 0 Å². The monoisotopic (exact) mass is 331 g/mol. The van der Waals surface area contributed by atoms with E-state index in [1.54, 1.807) is 6.07 Å². The average molecular weight is 332 g/mol. The first-order valence-corrected chi connectivity index (χ1v) is 8.15. The first-order valence-electron chi connectivity index (χ1n) is 7.77. The van der Waals surface area contributed by atoms with Crippen molar-refractivity contribution in [3.63, 3.8) is 0 Å². The summed E-state index contributed by atoms with van der Waals surface area (Å²) in [5.74, 6) is -0.111. The Labute approximate surface area is 142 Å². The quantitative estimate of drug-likeness (QED) is 0.797. The molecule has 0 spiro atoms. The second-order valence-corrected chi connectivity index (χ2v) is 5.51. The van der Waals surface area contributed by atoms with Gasteiger partial charge in [0, 0.05) is 24.5 Å². The van der Waals surface area contributed by atoms with Gasteiger partial charge in [-0.25, -0.2) is 0 Å². The van der Waals surface area contributed by atoms with Gasteiger partial charge < -0.3 is 15.5 Å². The first-order chi connectivity index (χ1) is 11.1. The zero-order chi connectivity index (χ0) is 16.7. The highest BCUT2D eigenvalue weighted by Gasteiger charge is 2.05. The summed E-state index contributed by atoms with van der Waals surface area (Å²) in [4.78, 5) is 14.3. The zero-order valence-electron chi connectivity index (χ0n) is 13.5. The minimum Gasteiger partial charge on any atom is -0.375 e. The number of carbonyl (C=O) groups excluding carboxylic acids is 1. The van der Waals surface area contributed by atoms with Gasteiger partial charge in [0.05, 0.1) is 17.3 Å². The summed E-state index contributed by atoms with van der Waals surface area (Å²) in [7, 11) is 0. The number of anilines is 3. The Morgan fingerprint density at radius 3 is 2.30 bits per heavy atom. The number of rotatable bonds is 7. The van der Waals surface area contributed by atoms with Crippen LogP contribution >= 0.6 is 11.6 Å². The molecule has 0 heterocycles. The fourth-order valence-electron chi connectivity index (χ4n) is 2.33. The molecular formula is C18H22ClN3O. The van der Waals surface area contributed by atoms with Gasteiger partial charge in [0.15, 0.2) is 0 Å². The summed E-state index contributed by atoms with van der Waals surface area (Å²) in [5, 5.41) is 6.50. The number of para-hydroxylation sites is 1. The Morgan fingerprint density at radius 2 is 1.70 bits per heavy atom. The number of nitrogens with one attached hydrogen (secondary N) is 2. The number of nitrogens with zero attached hydrogens (tertiary/aromatic N) is 1. The Bertz CT molecular complexity index is 639. The van der Waals surface area contributed by atoms with E-state index in [0.29, 0.717) is 5.02 Å². The van der Waals surface area contributed by atoms with Crippen molar-refractivity contribution in [1.29, 1.82) is 0 Å². The van der Waals surface area contributed by atoms with Gasteiger partial charge >= 0.3 is 0 Å². The summed E-state index contributed by atoms with van der Waals surface area (Å²) < 4.78 is 0. The molecule has 0 aliphatic rings. The fourth-order valence-corrected chi connectivity index (χ4v) is 2.53. The third-order valence-electron chi connectivity index (χ3n) is 3.59. The van der Waals surface area contributed by atoms with Gasteiger partial charge in [-0.05, 0) is 50.2 Å². The lowest BCUT2D eigenvalue weighted by atomic mass is 10.2. The molecule has 0 fully saturated rings. The number of carbonyl (C=O) groups is 1. The highest BCUT2D eigenvalue weighted by atomic mass is 35.5. The van der Waals surface area contributed by atoms with Crippen molar-refractivity contribution in [2.24, 2.45) is 0 Å². The van der Waals surface area contributed by atoms with E-state index in [1.165, 1.54) is 0 Å². The van der Waals surface area contributed by atoms with Crippen LogP contribution in [0.25, 0.3) is 0 Å². The number of benzene rings is 2. The standard InChI is InChI=1S/C18H22ClN3O/c1-3-22(4-2)15-11-9-14(10-12-15)21-18(23)13-20-17-8-6-5-7-16(17)19/h5-12,20H,3-4,13H2,1-2H3,(H,21,23). The van der Waals surface area contributed by atoms with Crippen molar-refractivity contribution in [3.8, 4) is 0 Å². The maximum atomic E-state index is 12.0. The number of hydrogen-bond donors (Lipinski definition) is 2. The third-order valence-corrected chi connectivity index (χ3v) is 3.92. The van der Waals surface area contributed by atoms with E-state index in [-0.39, 0.29) is 12.5 Å². The van der Waals surface area contributed by atoms with Crippen molar-refractivity contribution < 1.29 is 4.79 Å². The fraction of sp³-hybridized carbons (Fsp3) is 0.278. The smallest absolute Gasteiger partial charge is 0.243 e. The topological polar surface area (TPSA) is 44.4 Å². The number of halogens is 1. The average Bonchev–Trinajstić information content (AvgIpc) is 2.57. The second-order valence-electron chi connectivity index (χ2n) is 5.10. The molecule has 0 saturated heterocycles. The van der Waals surface area contributed by atoms with Crippen LogP contribution in [-0.4, -0.2) is 25.5 Å². The predicted octanol–water partition coefficient (Wildman–Crippen LogP) is 4.24. The largest absolute Gasteiger partial charge is 0.375 e. The molecule has 1 amide bonds. The van der Waals surface area contributed by atoms with Crippen molar-refractivity contribution in [3.05, 3.63) is 53.6 Å². The maximum absolute atomic E-state index is 12.0. The summed E-state index contributed by atoms with van der Waals surface area (Å²) in [6, 6.07) is 15.2. The van der Waals surface area contributed by atoms with Crippen LogP contribution in [0.1, 0.15) is 13.8 Å². The normalized spacial score (nSPS) is 10.2. The van der Waals surface area contributed by atoms with E-state index >= 15 is 0 Å². The maximum Gasteiger partial charge on any atom is 0.243 e. The van der Waals surface area contributed by atoms with Crippen molar-refractivity contribution in [1.82, 2.24) is 0 Å². The van der Waals surface area contributed by atoms with Crippen molar-refractivity contribution in [2.45, 2.75) is 13.8 Å². The Hall–Kier alpha value is -2.20.